The van der Waals surface area contributed by atoms with Crippen LogP contribution in [0.5, 0.6) is 11.5 Å². The second kappa shape index (κ2) is 13.9. The molecule has 0 N–H and O–H groups in total. The van der Waals surface area contributed by atoms with E-state index >= 15 is 0 Å². The third-order valence-electron chi connectivity index (χ3n) is 6.95. The van der Waals surface area contributed by atoms with Crippen LogP contribution in [-0.4, -0.2) is 52.1 Å². The number of benzene rings is 3. The van der Waals surface area contributed by atoms with Crippen molar-refractivity contribution >= 4 is 31.6 Å². The predicted molar refractivity (Wildman–Crippen MR) is 143 cm³/mol. The van der Waals surface area contributed by atoms with E-state index in [1.54, 1.807) is 0 Å². The molecule has 1 heterocycles. The molecule has 4 rings (SSSR count). The van der Waals surface area contributed by atoms with E-state index in [-0.39, 0.29) is 64.7 Å². The van der Waals surface area contributed by atoms with Crippen LogP contribution in [0.3, 0.4) is 0 Å². The van der Waals surface area contributed by atoms with Crippen LogP contribution in [0.1, 0.15) is 50.3 Å². The smallest absolute Gasteiger partial charge is 0.744 e. The minimum atomic E-state index is -5.14. The van der Waals surface area contributed by atoms with Gasteiger partial charge < -0.3 is 23.6 Å². The molecule has 0 spiro atoms. The van der Waals surface area contributed by atoms with Crippen LogP contribution >= 0.6 is 0 Å². The minimum Gasteiger partial charge on any atom is -0.744 e. The fourth-order valence-corrected chi connectivity index (χ4v) is 6.33. The summed E-state index contributed by atoms with van der Waals surface area (Å²) in [7, 11) is -10.1. The molecular weight excluding hydrogens is 574 g/mol. The molecule has 1 aliphatic rings. The Kier molecular flexibility index (Phi) is 12.2. The van der Waals surface area contributed by atoms with E-state index in [1.165, 1.54) is 6.07 Å². The quantitative estimate of drug-likeness (QED) is 0.165. The maximum absolute atomic E-state index is 12.3. The Hall–Kier alpha value is -1.12. The SMILES string of the molecule is CCN(CC)c1ccc2c(c1)Oc1cc(N(CC)CC)ccc1C2c1ccc(S(=O)(=O)[O-])cc1S(=O)(=O)[O-].[Na+].[Na+]. The van der Waals surface area contributed by atoms with E-state index in [4.69, 9.17) is 4.74 Å². The molecular formula is C27H30N2Na2O7S2. The summed E-state index contributed by atoms with van der Waals surface area (Å²) in [6, 6.07) is 14.1. The standard InChI is InChI=1S/C27H32N2O7S2.2Na/c1-5-28(6-2)18-9-12-21-24(15-18)36-25-16-19(29(7-3)8-4)10-13-22(25)27(21)23-14-11-20(37(30,31)32)17-26(23)38(33,34)35;;/h9-17,27H,5-8H2,1-4H3,(H,30,31,32)(H,33,34,35);;/q;2*+1/p-2. The van der Waals surface area contributed by atoms with E-state index in [0.29, 0.717) is 28.7 Å². The Bertz CT molecular complexity index is 1510. The molecule has 1 aliphatic heterocycles. The van der Waals surface area contributed by atoms with Crippen LogP contribution in [0, 0.1) is 0 Å². The summed E-state index contributed by atoms with van der Waals surface area (Å²) in [5.41, 5.74) is 3.14. The average Bonchev–Trinajstić information content (AvgIpc) is 2.87. The van der Waals surface area contributed by atoms with Gasteiger partial charge in [-0.2, -0.15) is 0 Å². The summed E-state index contributed by atoms with van der Waals surface area (Å²) in [5.74, 6) is 0.240. The van der Waals surface area contributed by atoms with Gasteiger partial charge in [-0.1, -0.05) is 18.2 Å². The van der Waals surface area contributed by atoms with Gasteiger partial charge in [0.1, 0.15) is 31.7 Å². The molecule has 0 saturated heterocycles. The topological polar surface area (TPSA) is 130 Å². The summed E-state index contributed by atoms with van der Waals surface area (Å²) in [6.45, 7) is 11.2. The summed E-state index contributed by atoms with van der Waals surface area (Å²) in [6.07, 6.45) is 0. The van der Waals surface area contributed by atoms with E-state index in [9.17, 15) is 25.9 Å². The van der Waals surface area contributed by atoms with Crippen molar-refractivity contribution in [3.63, 3.8) is 0 Å². The molecule has 0 unspecified atom stereocenters. The molecule has 0 aromatic heterocycles. The van der Waals surface area contributed by atoms with Crippen LogP contribution in [0.15, 0.2) is 64.4 Å². The molecule has 3 aromatic carbocycles. The first-order valence-corrected chi connectivity index (χ1v) is 15.3. The van der Waals surface area contributed by atoms with Crippen LogP contribution in [0.25, 0.3) is 0 Å². The van der Waals surface area contributed by atoms with E-state index in [2.05, 4.69) is 9.80 Å². The Morgan fingerprint density at radius 3 is 1.45 bits per heavy atom. The molecule has 0 bridgehead atoms. The van der Waals surface area contributed by atoms with Crippen molar-refractivity contribution in [2.24, 2.45) is 0 Å². The molecule has 9 nitrogen and oxygen atoms in total. The van der Waals surface area contributed by atoms with Gasteiger partial charge in [-0.25, -0.2) is 16.8 Å². The maximum Gasteiger partial charge on any atom is 1.00 e. The van der Waals surface area contributed by atoms with Gasteiger partial charge in [0.25, 0.3) is 0 Å². The van der Waals surface area contributed by atoms with Crippen molar-refractivity contribution in [2.45, 2.75) is 43.4 Å². The average molecular weight is 605 g/mol. The maximum atomic E-state index is 12.3. The largest absolute Gasteiger partial charge is 1.00 e. The number of anilines is 2. The third-order valence-corrected chi connectivity index (χ3v) is 8.67. The van der Waals surface area contributed by atoms with Crippen molar-refractivity contribution in [2.75, 3.05) is 36.0 Å². The number of fused-ring (bicyclic) bond motifs is 2. The molecule has 3 aromatic rings. The Morgan fingerprint density at radius 2 is 1.07 bits per heavy atom. The number of hydrogen-bond donors (Lipinski definition) is 0. The molecule has 0 fully saturated rings. The van der Waals surface area contributed by atoms with Crippen molar-refractivity contribution < 1.29 is 89.8 Å². The van der Waals surface area contributed by atoms with Crippen molar-refractivity contribution in [3.05, 3.63) is 71.3 Å². The zero-order valence-electron chi connectivity index (χ0n) is 23.7. The van der Waals surface area contributed by atoms with Gasteiger partial charge in [0.05, 0.1) is 9.79 Å². The molecule has 0 radical (unpaired) electrons. The number of ether oxygens (including phenoxy) is 1. The minimum absolute atomic E-state index is 0. The zero-order chi connectivity index (χ0) is 27.8. The van der Waals surface area contributed by atoms with Gasteiger partial charge in [-0.3, -0.25) is 0 Å². The normalized spacial score (nSPS) is 12.8. The van der Waals surface area contributed by atoms with E-state index < -0.39 is 35.9 Å². The first-order valence-electron chi connectivity index (χ1n) is 12.4. The van der Waals surface area contributed by atoms with Gasteiger partial charge in [0.2, 0.25) is 0 Å². The number of hydrogen-bond acceptors (Lipinski definition) is 9. The molecule has 0 saturated carbocycles. The predicted octanol–water partition coefficient (Wildman–Crippen LogP) is -1.52. The fraction of sp³-hybridized carbons (Fsp3) is 0.333. The van der Waals surface area contributed by atoms with Gasteiger partial charge in [0.15, 0.2) is 0 Å². The van der Waals surface area contributed by atoms with Crippen LogP contribution in [-0.2, 0) is 20.2 Å². The van der Waals surface area contributed by atoms with Crippen molar-refractivity contribution in [1.29, 1.82) is 0 Å². The first-order chi connectivity index (χ1) is 17.9. The van der Waals surface area contributed by atoms with Gasteiger partial charge in [-0.05, 0) is 57.5 Å². The zero-order valence-corrected chi connectivity index (χ0v) is 29.3. The molecule has 204 valence electrons. The molecule has 0 aliphatic carbocycles. The molecule has 40 heavy (non-hydrogen) atoms. The third kappa shape index (κ3) is 7.08. The number of rotatable bonds is 9. The van der Waals surface area contributed by atoms with Crippen LogP contribution in [0.2, 0.25) is 0 Å². The Balaban J connectivity index is 0.00000280. The van der Waals surface area contributed by atoms with Crippen molar-refractivity contribution in [1.82, 2.24) is 0 Å². The van der Waals surface area contributed by atoms with E-state index in [1.807, 2.05) is 64.1 Å². The Morgan fingerprint density at radius 1 is 0.650 bits per heavy atom. The van der Waals surface area contributed by atoms with E-state index in [0.717, 1.165) is 43.6 Å². The van der Waals surface area contributed by atoms with Crippen molar-refractivity contribution in [3.8, 4) is 11.5 Å². The molecule has 0 amide bonds. The van der Waals surface area contributed by atoms with Crippen LogP contribution < -0.4 is 73.7 Å². The second-order valence-corrected chi connectivity index (χ2v) is 11.7. The van der Waals surface area contributed by atoms with Gasteiger partial charge in [0, 0.05) is 66.7 Å². The van der Waals surface area contributed by atoms with Gasteiger partial charge in [-0.15, -0.1) is 0 Å². The first kappa shape index (κ1) is 35.1. The molecule has 13 heteroatoms. The fourth-order valence-electron chi connectivity index (χ4n) is 5.02. The molecule has 0 atom stereocenters. The summed E-state index contributed by atoms with van der Waals surface area (Å²) in [5, 5.41) is 0. The number of nitrogens with zero attached hydrogens (tertiary/aromatic N) is 2. The summed E-state index contributed by atoms with van der Waals surface area (Å²) in [4.78, 5) is 2.75. The van der Waals surface area contributed by atoms with Gasteiger partial charge >= 0.3 is 59.1 Å². The second-order valence-electron chi connectivity index (χ2n) is 8.93. The Labute approximate surface area is 281 Å². The monoisotopic (exact) mass is 604 g/mol. The summed E-state index contributed by atoms with van der Waals surface area (Å²) < 4.78 is 78.3. The summed E-state index contributed by atoms with van der Waals surface area (Å²) >= 11 is 0. The van der Waals surface area contributed by atoms with Crippen LogP contribution in [0.4, 0.5) is 11.4 Å².